The van der Waals surface area contributed by atoms with Gasteiger partial charge in [0.1, 0.15) is 12.2 Å². The van der Waals surface area contributed by atoms with Crippen molar-refractivity contribution in [1.29, 1.82) is 0 Å². The topological polar surface area (TPSA) is 68.0 Å². The number of aromatic nitrogens is 3. The second kappa shape index (κ2) is 3.24. The Morgan fingerprint density at radius 3 is 2.92 bits per heavy atom. The number of carbonyl (C=O) groups is 1. The smallest absolute Gasteiger partial charge is 0.325 e. The lowest BCUT2D eigenvalue weighted by molar-refractivity contribution is -0.138. The first-order chi connectivity index (χ1) is 5.61. The summed E-state index contributed by atoms with van der Waals surface area (Å²) in [5.41, 5.74) is -0.489. The Balaban J connectivity index is 2.84. The Kier molecular flexibility index (Phi) is 2.32. The third-order valence-electron chi connectivity index (χ3n) is 1.16. The van der Waals surface area contributed by atoms with Gasteiger partial charge in [0.15, 0.2) is 0 Å². The van der Waals surface area contributed by atoms with Crippen LogP contribution in [0.1, 0.15) is 12.1 Å². The molecule has 1 N–H and O–H groups in total. The highest BCUT2D eigenvalue weighted by atomic mass is 19.3. The maximum atomic E-state index is 12.0. The lowest BCUT2D eigenvalue weighted by atomic mass is 10.5. The quantitative estimate of drug-likeness (QED) is 0.720. The van der Waals surface area contributed by atoms with Crippen molar-refractivity contribution in [1.82, 2.24) is 15.0 Å². The summed E-state index contributed by atoms with van der Waals surface area (Å²) in [6.45, 7) is -0.598. The summed E-state index contributed by atoms with van der Waals surface area (Å²) in [4.78, 5) is 10.1. The summed E-state index contributed by atoms with van der Waals surface area (Å²) in [6, 6.07) is 0. The van der Waals surface area contributed by atoms with Crippen LogP contribution < -0.4 is 0 Å². The molecule has 12 heavy (non-hydrogen) atoms. The monoisotopic (exact) mass is 177 g/mol. The first kappa shape index (κ1) is 8.57. The van der Waals surface area contributed by atoms with Gasteiger partial charge in [-0.15, -0.1) is 5.10 Å². The maximum absolute atomic E-state index is 12.0. The summed E-state index contributed by atoms with van der Waals surface area (Å²) >= 11 is 0. The summed E-state index contributed by atoms with van der Waals surface area (Å²) < 4.78 is 24.7. The van der Waals surface area contributed by atoms with Crippen LogP contribution in [-0.2, 0) is 11.3 Å². The largest absolute Gasteiger partial charge is 0.480 e. The van der Waals surface area contributed by atoms with Crippen molar-refractivity contribution < 1.29 is 18.7 Å². The van der Waals surface area contributed by atoms with Crippen molar-refractivity contribution in [2.24, 2.45) is 0 Å². The molecule has 7 heteroatoms. The highest BCUT2D eigenvalue weighted by Gasteiger charge is 2.15. The lowest BCUT2D eigenvalue weighted by Gasteiger charge is -2.00. The van der Waals surface area contributed by atoms with E-state index in [0.717, 1.165) is 6.20 Å². The molecule has 1 rings (SSSR count). The van der Waals surface area contributed by atoms with Crippen molar-refractivity contribution >= 4 is 5.97 Å². The van der Waals surface area contributed by atoms with E-state index in [1.54, 1.807) is 0 Å². The highest BCUT2D eigenvalue weighted by molar-refractivity contribution is 5.66. The molecule has 0 spiro atoms. The van der Waals surface area contributed by atoms with Crippen LogP contribution in [0.25, 0.3) is 0 Å². The third-order valence-corrected chi connectivity index (χ3v) is 1.16. The van der Waals surface area contributed by atoms with E-state index in [0.29, 0.717) is 4.68 Å². The molecule has 0 fully saturated rings. The SMILES string of the molecule is O=C(O)Cn1nncc1C(F)F. The van der Waals surface area contributed by atoms with Crippen LogP contribution in [0.2, 0.25) is 0 Å². The van der Waals surface area contributed by atoms with Gasteiger partial charge in [-0.2, -0.15) is 0 Å². The van der Waals surface area contributed by atoms with Gasteiger partial charge in [-0.3, -0.25) is 4.79 Å². The molecule has 0 bridgehead atoms. The molecule has 0 aliphatic heterocycles. The predicted molar refractivity (Wildman–Crippen MR) is 32.6 cm³/mol. The van der Waals surface area contributed by atoms with E-state index in [1.165, 1.54) is 0 Å². The zero-order chi connectivity index (χ0) is 9.14. The second-order valence-corrected chi connectivity index (χ2v) is 2.01. The zero-order valence-corrected chi connectivity index (χ0v) is 5.81. The fraction of sp³-hybridized carbons (Fsp3) is 0.400. The Labute approximate surface area is 65.6 Å². The molecule has 0 unspecified atom stereocenters. The maximum Gasteiger partial charge on any atom is 0.325 e. The summed E-state index contributed by atoms with van der Waals surface area (Å²) in [6.07, 6.45) is -1.91. The van der Waals surface area contributed by atoms with Crippen molar-refractivity contribution in [3.63, 3.8) is 0 Å². The van der Waals surface area contributed by atoms with Gasteiger partial charge in [-0.05, 0) is 0 Å². The fourth-order valence-corrected chi connectivity index (χ4v) is 0.686. The van der Waals surface area contributed by atoms with Crippen molar-refractivity contribution in [3.05, 3.63) is 11.9 Å². The molecule has 0 atom stereocenters. The van der Waals surface area contributed by atoms with Crippen LogP contribution >= 0.6 is 0 Å². The van der Waals surface area contributed by atoms with Gasteiger partial charge >= 0.3 is 5.97 Å². The molecule has 0 saturated carbocycles. The molecule has 0 amide bonds. The number of hydrogen-bond acceptors (Lipinski definition) is 3. The number of carboxylic acids is 1. The van der Waals surface area contributed by atoms with Gasteiger partial charge in [-0.25, -0.2) is 13.5 Å². The van der Waals surface area contributed by atoms with E-state index in [2.05, 4.69) is 10.3 Å². The molecule has 0 aliphatic rings. The summed E-state index contributed by atoms with van der Waals surface area (Å²) in [5, 5.41) is 14.6. The van der Waals surface area contributed by atoms with Crippen LogP contribution in [0.15, 0.2) is 6.20 Å². The predicted octanol–water partition coefficient (Wildman–Crippen LogP) is 0.300. The number of rotatable bonds is 3. The van der Waals surface area contributed by atoms with Crippen LogP contribution in [0, 0.1) is 0 Å². The van der Waals surface area contributed by atoms with Gasteiger partial charge in [0.25, 0.3) is 6.43 Å². The second-order valence-electron chi connectivity index (χ2n) is 2.01. The highest BCUT2D eigenvalue weighted by Crippen LogP contribution is 2.16. The molecule has 1 heterocycles. The van der Waals surface area contributed by atoms with Crippen LogP contribution in [0.3, 0.4) is 0 Å². The van der Waals surface area contributed by atoms with E-state index in [-0.39, 0.29) is 0 Å². The molecular formula is C5H5F2N3O2. The first-order valence-corrected chi connectivity index (χ1v) is 2.99. The molecule has 0 radical (unpaired) electrons. The van der Waals surface area contributed by atoms with Crippen LogP contribution in [0.4, 0.5) is 8.78 Å². The Bertz CT molecular complexity index is 286. The lowest BCUT2D eigenvalue weighted by Crippen LogP contribution is -2.13. The fourth-order valence-electron chi connectivity index (χ4n) is 0.686. The summed E-state index contributed by atoms with van der Waals surface area (Å²) in [7, 11) is 0. The minimum atomic E-state index is -2.75. The van der Waals surface area contributed by atoms with Crippen molar-refractivity contribution in [3.8, 4) is 0 Å². The number of nitrogens with zero attached hydrogens (tertiary/aromatic N) is 3. The van der Waals surface area contributed by atoms with Gasteiger partial charge < -0.3 is 5.11 Å². The molecule has 66 valence electrons. The molecule has 0 saturated heterocycles. The number of alkyl halides is 2. The van der Waals surface area contributed by atoms with E-state index >= 15 is 0 Å². The van der Waals surface area contributed by atoms with E-state index in [1.807, 2.05) is 0 Å². The van der Waals surface area contributed by atoms with Crippen LogP contribution in [0.5, 0.6) is 0 Å². The number of hydrogen-bond donors (Lipinski definition) is 1. The van der Waals surface area contributed by atoms with Crippen molar-refractivity contribution in [2.45, 2.75) is 13.0 Å². The standard InChI is InChI=1S/C5H5F2N3O2/c6-5(7)3-1-8-9-10(3)2-4(11)12/h1,5H,2H2,(H,11,12). The van der Waals surface area contributed by atoms with E-state index in [4.69, 9.17) is 5.11 Å². The molecular weight excluding hydrogens is 172 g/mol. The molecule has 0 aromatic carbocycles. The van der Waals surface area contributed by atoms with Gasteiger partial charge in [-0.1, -0.05) is 5.21 Å². The number of halogens is 2. The zero-order valence-electron chi connectivity index (χ0n) is 5.81. The Morgan fingerprint density at radius 2 is 2.42 bits per heavy atom. The van der Waals surface area contributed by atoms with Crippen LogP contribution in [-0.4, -0.2) is 26.1 Å². The number of aliphatic carboxylic acids is 1. The van der Waals surface area contributed by atoms with Gasteiger partial charge in [0.2, 0.25) is 0 Å². The van der Waals surface area contributed by atoms with Crippen molar-refractivity contribution in [2.75, 3.05) is 0 Å². The summed E-state index contributed by atoms with van der Waals surface area (Å²) in [5.74, 6) is -1.23. The van der Waals surface area contributed by atoms with E-state index < -0.39 is 24.6 Å². The molecule has 1 aromatic rings. The first-order valence-electron chi connectivity index (χ1n) is 2.99. The minimum absolute atomic E-state index is 0.489. The Hall–Kier alpha value is -1.53. The third kappa shape index (κ3) is 1.74. The number of carboxylic acid groups (broad SMARTS) is 1. The molecule has 0 aliphatic carbocycles. The Morgan fingerprint density at radius 1 is 1.75 bits per heavy atom. The molecule has 1 aromatic heterocycles. The van der Waals surface area contributed by atoms with E-state index in [9.17, 15) is 13.6 Å². The molecule has 5 nitrogen and oxygen atoms in total. The average molecular weight is 177 g/mol. The minimum Gasteiger partial charge on any atom is -0.480 e. The van der Waals surface area contributed by atoms with Gasteiger partial charge in [0.05, 0.1) is 6.20 Å². The normalized spacial score (nSPS) is 10.6. The average Bonchev–Trinajstić information content (AvgIpc) is 2.33. The van der Waals surface area contributed by atoms with Gasteiger partial charge in [0, 0.05) is 0 Å².